The van der Waals surface area contributed by atoms with Crippen molar-refractivity contribution in [1.82, 2.24) is 4.73 Å². The van der Waals surface area contributed by atoms with Gasteiger partial charge in [-0.2, -0.15) is 4.73 Å². The topological polar surface area (TPSA) is 54.6 Å². The van der Waals surface area contributed by atoms with E-state index in [1.54, 1.807) is 13.0 Å². The smallest absolute Gasteiger partial charge is 0.243 e. The monoisotopic (exact) mass is 180 g/mol. The number of rotatable bonds is 0. The second kappa shape index (κ2) is 3.43. The molecule has 0 fully saturated rings. The lowest BCUT2D eigenvalue weighted by Gasteiger charge is -2.04. The molecule has 1 N–H and O–H groups in total. The largest absolute Gasteiger partial charge is 0.429 e. The molecule has 0 atom stereocenters. The first-order chi connectivity index (χ1) is 6.02. The second-order valence-electron chi connectivity index (χ2n) is 2.89. The fourth-order valence-corrected chi connectivity index (χ4v) is 1.03. The predicted octanol–water partition coefficient (Wildman–Crippen LogP) is 0.789. The number of hydrogen-bond acceptors (Lipinski definition) is 2. The van der Waals surface area contributed by atoms with Crippen LogP contribution in [0.15, 0.2) is 17.3 Å². The fraction of sp³-hybridized carbons (Fsp3) is 0.333. The standard InChI is InChI=1S/C9H12N2O2/c1-6-7(2)11(13)5-4-9(6)10-8(3)12/h4-5,13H,1-3H3. The van der Waals surface area contributed by atoms with E-state index in [2.05, 4.69) is 4.99 Å². The Morgan fingerprint density at radius 3 is 2.69 bits per heavy atom. The van der Waals surface area contributed by atoms with Crippen LogP contribution in [0.4, 0.5) is 0 Å². The highest BCUT2D eigenvalue weighted by molar-refractivity contribution is 5.73. The molecule has 1 aromatic rings. The van der Waals surface area contributed by atoms with Crippen LogP contribution in [0, 0.1) is 13.8 Å². The van der Waals surface area contributed by atoms with Crippen LogP contribution < -0.4 is 5.36 Å². The lowest BCUT2D eigenvalue weighted by Crippen LogP contribution is -2.14. The minimum Gasteiger partial charge on any atom is -0.429 e. The number of aromatic nitrogens is 1. The zero-order valence-electron chi connectivity index (χ0n) is 7.90. The van der Waals surface area contributed by atoms with Gasteiger partial charge in [0.1, 0.15) is 0 Å². The van der Waals surface area contributed by atoms with Crippen LogP contribution in [0.3, 0.4) is 0 Å². The Bertz CT molecular complexity index is 405. The van der Waals surface area contributed by atoms with Crippen LogP contribution >= 0.6 is 0 Å². The molecular formula is C9H12N2O2. The van der Waals surface area contributed by atoms with Gasteiger partial charge in [0.05, 0.1) is 11.1 Å². The Kier molecular flexibility index (Phi) is 2.51. The Morgan fingerprint density at radius 2 is 2.15 bits per heavy atom. The molecule has 0 bridgehead atoms. The molecule has 0 saturated carbocycles. The summed E-state index contributed by atoms with van der Waals surface area (Å²) in [6.45, 7) is 4.97. The summed E-state index contributed by atoms with van der Waals surface area (Å²) in [5.74, 6) is -0.238. The minimum atomic E-state index is -0.238. The molecule has 4 nitrogen and oxygen atoms in total. The van der Waals surface area contributed by atoms with Gasteiger partial charge in [0, 0.05) is 13.1 Å². The molecular weight excluding hydrogens is 168 g/mol. The van der Waals surface area contributed by atoms with Gasteiger partial charge >= 0.3 is 0 Å². The van der Waals surface area contributed by atoms with Gasteiger partial charge in [0.25, 0.3) is 0 Å². The number of nitrogens with zero attached hydrogens (tertiary/aromatic N) is 2. The quantitative estimate of drug-likeness (QED) is 0.600. The van der Waals surface area contributed by atoms with Crippen LogP contribution in [-0.4, -0.2) is 15.8 Å². The zero-order valence-corrected chi connectivity index (χ0v) is 7.90. The van der Waals surface area contributed by atoms with Crippen LogP contribution in [0.25, 0.3) is 0 Å². The van der Waals surface area contributed by atoms with Crippen molar-refractivity contribution in [3.8, 4) is 0 Å². The van der Waals surface area contributed by atoms with Gasteiger partial charge in [-0.1, -0.05) is 0 Å². The maximum atomic E-state index is 10.7. The normalized spacial score (nSPS) is 11.8. The second-order valence-corrected chi connectivity index (χ2v) is 2.89. The minimum absolute atomic E-state index is 0.238. The van der Waals surface area contributed by atoms with Gasteiger partial charge in [0.2, 0.25) is 5.91 Å². The van der Waals surface area contributed by atoms with Crippen molar-refractivity contribution >= 4 is 5.91 Å². The van der Waals surface area contributed by atoms with E-state index in [4.69, 9.17) is 0 Å². The third-order valence-corrected chi connectivity index (χ3v) is 1.92. The van der Waals surface area contributed by atoms with Crippen molar-refractivity contribution in [3.05, 3.63) is 28.9 Å². The van der Waals surface area contributed by atoms with E-state index in [-0.39, 0.29) is 5.91 Å². The molecule has 1 rings (SSSR count). The third kappa shape index (κ3) is 1.96. The average molecular weight is 180 g/mol. The van der Waals surface area contributed by atoms with Crippen LogP contribution in [-0.2, 0) is 4.79 Å². The summed E-state index contributed by atoms with van der Waals surface area (Å²) in [7, 11) is 0. The number of carbonyl (C=O) groups is 1. The maximum absolute atomic E-state index is 10.7. The molecule has 0 aliphatic carbocycles. The molecule has 1 amide bonds. The lowest BCUT2D eigenvalue weighted by molar-refractivity contribution is -0.116. The summed E-state index contributed by atoms with van der Waals surface area (Å²) in [5.41, 5.74) is 1.49. The summed E-state index contributed by atoms with van der Waals surface area (Å²) in [5, 5.41) is 9.86. The fourth-order valence-electron chi connectivity index (χ4n) is 1.03. The maximum Gasteiger partial charge on any atom is 0.243 e. The van der Waals surface area contributed by atoms with Gasteiger partial charge in [0.15, 0.2) is 0 Å². The summed E-state index contributed by atoms with van der Waals surface area (Å²) >= 11 is 0. The van der Waals surface area contributed by atoms with Crippen LogP contribution in [0.1, 0.15) is 18.2 Å². The summed E-state index contributed by atoms with van der Waals surface area (Å²) in [6.07, 6.45) is 1.46. The van der Waals surface area contributed by atoms with Crippen molar-refractivity contribution in [2.45, 2.75) is 20.8 Å². The summed E-state index contributed by atoms with van der Waals surface area (Å²) < 4.78 is 1.01. The Hall–Kier alpha value is -1.58. The zero-order chi connectivity index (χ0) is 10.0. The van der Waals surface area contributed by atoms with Crippen molar-refractivity contribution in [2.24, 2.45) is 4.99 Å². The highest BCUT2D eigenvalue weighted by Crippen LogP contribution is 1.97. The third-order valence-electron chi connectivity index (χ3n) is 1.92. The molecule has 1 heterocycles. The molecule has 0 radical (unpaired) electrons. The van der Waals surface area contributed by atoms with E-state index in [1.165, 1.54) is 13.1 Å². The van der Waals surface area contributed by atoms with E-state index in [1.807, 2.05) is 6.92 Å². The Balaban J connectivity index is 3.43. The molecule has 0 unspecified atom stereocenters. The first kappa shape index (κ1) is 9.51. The lowest BCUT2D eigenvalue weighted by atomic mass is 10.2. The first-order valence-electron chi connectivity index (χ1n) is 3.96. The number of hydrogen-bond donors (Lipinski definition) is 1. The molecule has 4 heteroatoms. The van der Waals surface area contributed by atoms with E-state index in [9.17, 15) is 10.0 Å². The van der Waals surface area contributed by atoms with E-state index in [0.29, 0.717) is 11.1 Å². The molecule has 70 valence electrons. The summed E-state index contributed by atoms with van der Waals surface area (Å²) in [6, 6.07) is 1.60. The van der Waals surface area contributed by atoms with Gasteiger partial charge in [-0.15, -0.1) is 0 Å². The number of amides is 1. The van der Waals surface area contributed by atoms with E-state index >= 15 is 0 Å². The van der Waals surface area contributed by atoms with Crippen molar-refractivity contribution < 1.29 is 10.0 Å². The van der Waals surface area contributed by atoms with Crippen molar-refractivity contribution in [2.75, 3.05) is 0 Å². The Morgan fingerprint density at radius 1 is 1.54 bits per heavy atom. The molecule has 1 aromatic heterocycles. The molecule has 0 saturated heterocycles. The SMILES string of the molecule is CC(=O)N=c1ccn(O)c(C)c1C. The number of carbonyl (C=O) groups excluding carboxylic acids is 1. The van der Waals surface area contributed by atoms with Crippen molar-refractivity contribution in [1.29, 1.82) is 0 Å². The molecule has 0 aliphatic heterocycles. The molecule has 0 spiro atoms. The predicted molar refractivity (Wildman–Crippen MR) is 47.3 cm³/mol. The van der Waals surface area contributed by atoms with Crippen LogP contribution in [0.2, 0.25) is 0 Å². The molecule has 0 aliphatic rings. The van der Waals surface area contributed by atoms with Gasteiger partial charge in [-0.25, -0.2) is 4.99 Å². The van der Waals surface area contributed by atoms with Crippen LogP contribution in [0.5, 0.6) is 0 Å². The first-order valence-corrected chi connectivity index (χ1v) is 3.96. The van der Waals surface area contributed by atoms with E-state index < -0.39 is 0 Å². The molecule has 0 aromatic carbocycles. The molecule has 13 heavy (non-hydrogen) atoms. The van der Waals surface area contributed by atoms with Gasteiger partial charge in [-0.05, 0) is 25.5 Å². The number of pyridine rings is 1. The average Bonchev–Trinajstić information content (AvgIpc) is 2.06. The highest BCUT2D eigenvalue weighted by atomic mass is 16.5. The Labute approximate surface area is 76.1 Å². The highest BCUT2D eigenvalue weighted by Gasteiger charge is 1.99. The summed E-state index contributed by atoms with van der Waals surface area (Å²) in [4.78, 5) is 14.5. The van der Waals surface area contributed by atoms with Gasteiger partial charge < -0.3 is 5.21 Å². The van der Waals surface area contributed by atoms with E-state index in [0.717, 1.165) is 10.3 Å². The van der Waals surface area contributed by atoms with Crippen molar-refractivity contribution in [3.63, 3.8) is 0 Å². The van der Waals surface area contributed by atoms with Gasteiger partial charge in [-0.3, -0.25) is 4.79 Å².